The van der Waals surface area contributed by atoms with Gasteiger partial charge in [-0.05, 0) is 55.3 Å². The summed E-state index contributed by atoms with van der Waals surface area (Å²) in [6, 6.07) is 23.2. The number of amides is 1. The molecule has 0 saturated carbocycles. The van der Waals surface area contributed by atoms with Crippen molar-refractivity contribution in [3.05, 3.63) is 95.1 Å². The van der Waals surface area contributed by atoms with Crippen LogP contribution >= 0.6 is 0 Å². The summed E-state index contributed by atoms with van der Waals surface area (Å²) in [6.45, 7) is 4.35. The van der Waals surface area contributed by atoms with E-state index in [1.165, 1.54) is 10.6 Å². The quantitative estimate of drug-likeness (QED) is 0.510. The SMILES string of the molecule is COc1cc(C=C2C(=O)N(c3ccccc3)N=C2C)ccc1OCc1cccc(C)c1. The molecule has 0 radical (unpaired) electrons. The molecule has 0 fully saturated rings. The van der Waals surface area contributed by atoms with Crippen molar-refractivity contribution in [3.63, 3.8) is 0 Å². The van der Waals surface area contributed by atoms with Crippen LogP contribution in [-0.4, -0.2) is 18.7 Å². The largest absolute Gasteiger partial charge is 0.493 e. The molecular weight excluding hydrogens is 388 g/mol. The van der Waals surface area contributed by atoms with E-state index in [2.05, 4.69) is 24.2 Å². The fraction of sp³-hybridized carbons (Fsp3) is 0.154. The van der Waals surface area contributed by atoms with Gasteiger partial charge in [0.15, 0.2) is 11.5 Å². The second-order valence-electron chi connectivity index (χ2n) is 7.38. The third-order valence-electron chi connectivity index (χ3n) is 5.04. The van der Waals surface area contributed by atoms with Crippen LogP contribution < -0.4 is 14.5 Å². The van der Waals surface area contributed by atoms with Crippen molar-refractivity contribution < 1.29 is 14.3 Å². The van der Waals surface area contributed by atoms with Crippen LogP contribution in [-0.2, 0) is 11.4 Å². The van der Waals surface area contributed by atoms with Gasteiger partial charge in [-0.15, -0.1) is 0 Å². The predicted molar refractivity (Wildman–Crippen MR) is 124 cm³/mol. The first-order valence-corrected chi connectivity index (χ1v) is 10.1. The minimum absolute atomic E-state index is 0.151. The number of hydrogen-bond acceptors (Lipinski definition) is 4. The van der Waals surface area contributed by atoms with Crippen molar-refractivity contribution in [2.45, 2.75) is 20.5 Å². The van der Waals surface area contributed by atoms with Gasteiger partial charge in [-0.25, -0.2) is 0 Å². The minimum atomic E-state index is -0.151. The zero-order chi connectivity index (χ0) is 21.8. The molecule has 0 spiro atoms. The molecule has 3 aromatic carbocycles. The van der Waals surface area contributed by atoms with E-state index < -0.39 is 0 Å². The molecule has 1 aliphatic heterocycles. The van der Waals surface area contributed by atoms with Gasteiger partial charge in [0.25, 0.3) is 5.91 Å². The lowest BCUT2D eigenvalue weighted by molar-refractivity contribution is -0.114. The van der Waals surface area contributed by atoms with E-state index in [1.807, 2.05) is 73.7 Å². The number of carbonyl (C=O) groups excluding carboxylic acids is 1. The van der Waals surface area contributed by atoms with Crippen LogP contribution in [0.5, 0.6) is 11.5 Å². The summed E-state index contributed by atoms with van der Waals surface area (Å²) in [5.41, 5.74) is 5.10. The van der Waals surface area contributed by atoms with Gasteiger partial charge in [-0.2, -0.15) is 10.1 Å². The van der Waals surface area contributed by atoms with Crippen LogP contribution in [0.2, 0.25) is 0 Å². The van der Waals surface area contributed by atoms with Gasteiger partial charge in [-0.1, -0.05) is 54.1 Å². The Morgan fingerprint density at radius 1 is 0.935 bits per heavy atom. The summed E-state index contributed by atoms with van der Waals surface area (Å²) in [6.07, 6.45) is 1.83. The second-order valence-corrected chi connectivity index (χ2v) is 7.38. The van der Waals surface area contributed by atoms with Gasteiger partial charge in [0.05, 0.1) is 24.1 Å². The van der Waals surface area contributed by atoms with Crippen molar-refractivity contribution in [2.75, 3.05) is 12.1 Å². The smallest absolute Gasteiger partial charge is 0.280 e. The third kappa shape index (κ3) is 4.51. The lowest BCUT2D eigenvalue weighted by Gasteiger charge is -2.12. The minimum Gasteiger partial charge on any atom is -0.493 e. The zero-order valence-electron chi connectivity index (χ0n) is 17.8. The van der Waals surface area contributed by atoms with Gasteiger partial charge < -0.3 is 9.47 Å². The lowest BCUT2D eigenvalue weighted by Crippen LogP contribution is -2.21. The third-order valence-corrected chi connectivity index (χ3v) is 5.04. The highest BCUT2D eigenvalue weighted by molar-refractivity contribution is 6.32. The number of nitrogens with zero attached hydrogens (tertiary/aromatic N) is 2. The zero-order valence-corrected chi connectivity index (χ0v) is 17.8. The average Bonchev–Trinajstić information content (AvgIpc) is 3.07. The number of aryl methyl sites for hydroxylation is 1. The Hall–Kier alpha value is -3.86. The normalized spacial score (nSPS) is 14.7. The maximum atomic E-state index is 12.9. The Kier molecular flexibility index (Phi) is 5.85. The highest BCUT2D eigenvalue weighted by Crippen LogP contribution is 2.31. The molecule has 0 aliphatic carbocycles. The Bertz CT molecular complexity index is 1170. The highest BCUT2D eigenvalue weighted by atomic mass is 16.5. The van der Waals surface area contributed by atoms with E-state index in [4.69, 9.17) is 9.47 Å². The molecule has 0 aromatic heterocycles. The first-order valence-electron chi connectivity index (χ1n) is 10.1. The van der Waals surface area contributed by atoms with E-state index in [-0.39, 0.29) is 5.91 Å². The molecule has 3 aromatic rings. The van der Waals surface area contributed by atoms with Gasteiger partial charge in [0.1, 0.15) is 6.61 Å². The van der Waals surface area contributed by atoms with E-state index in [1.54, 1.807) is 7.11 Å². The molecule has 31 heavy (non-hydrogen) atoms. The van der Waals surface area contributed by atoms with Crippen molar-refractivity contribution in [1.29, 1.82) is 0 Å². The first-order chi connectivity index (χ1) is 15.0. The van der Waals surface area contributed by atoms with Crippen LogP contribution in [0.3, 0.4) is 0 Å². The van der Waals surface area contributed by atoms with Crippen LogP contribution in [0.15, 0.2) is 83.5 Å². The van der Waals surface area contributed by atoms with Crippen LogP contribution in [0.1, 0.15) is 23.6 Å². The Morgan fingerprint density at radius 2 is 1.74 bits per heavy atom. The van der Waals surface area contributed by atoms with Gasteiger partial charge in [0.2, 0.25) is 0 Å². The molecular formula is C26H24N2O3. The molecule has 5 nitrogen and oxygen atoms in total. The van der Waals surface area contributed by atoms with Crippen LogP contribution in [0.25, 0.3) is 6.08 Å². The van der Waals surface area contributed by atoms with Crippen molar-refractivity contribution >= 4 is 23.4 Å². The topological polar surface area (TPSA) is 51.1 Å². The molecule has 1 aliphatic rings. The summed E-state index contributed by atoms with van der Waals surface area (Å²) >= 11 is 0. The van der Waals surface area contributed by atoms with E-state index in [9.17, 15) is 4.79 Å². The monoisotopic (exact) mass is 412 g/mol. The van der Waals surface area contributed by atoms with Crippen molar-refractivity contribution in [2.24, 2.45) is 5.10 Å². The number of ether oxygens (including phenoxy) is 2. The van der Waals surface area contributed by atoms with Gasteiger partial charge in [-0.3, -0.25) is 4.79 Å². The molecule has 0 N–H and O–H groups in total. The number of rotatable bonds is 6. The molecule has 0 saturated heterocycles. The van der Waals surface area contributed by atoms with Crippen LogP contribution in [0.4, 0.5) is 5.69 Å². The van der Waals surface area contributed by atoms with E-state index >= 15 is 0 Å². The fourth-order valence-electron chi connectivity index (χ4n) is 3.45. The first kappa shape index (κ1) is 20.4. The molecule has 0 bridgehead atoms. The summed E-state index contributed by atoms with van der Waals surface area (Å²) in [5.74, 6) is 1.12. The molecule has 4 rings (SSSR count). The van der Waals surface area contributed by atoms with Crippen LogP contribution in [0, 0.1) is 6.92 Å². The molecule has 5 heteroatoms. The number of carbonyl (C=O) groups is 1. The molecule has 156 valence electrons. The number of benzene rings is 3. The molecule has 1 heterocycles. The highest BCUT2D eigenvalue weighted by Gasteiger charge is 2.28. The average molecular weight is 412 g/mol. The Labute approximate surface area is 182 Å². The maximum absolute atomic E-state index is 12.9. The summed E-state index contributed by atoms with van der Waals surface area (Å²) < 4.78 is 11.5. The standard InChI is InChI=1S/C26H24N2O3/c1-18-8-7-9-21(14-18)17-31-24-13-12-20(16-25(24)30-3)15-23-19(2)27-28(26(23)29)22-10-5-4-6-11-22/h4-16H,17H2,1-3H3. The lowest BCUT2D eigenvalue weighted by atomic mass is 10.1. The Balaban J connectivity index is 1.54. The fourth-order valence-corrected chi connectivity index (χ4v) is 3.45. The summed E-state index contributed by atoms with van der Waals surface area (Å²) in [4.78, 5) is 12.9. The van der Waals surface area contributed by atoms with Crippen molar-refractivity contribution in [3.8, 4) is 11.5 Å². The number of methoxy groups -OCH3 is 1. The van der Waals surface area contributed by atoms with Crippen molar-refractivity contribution in [1.82, 2.24) is 0 Å². The van der Waals surface area contributed by atoms with E-state index in [0.717, 1.165) is 16.8 Å². The predicted octanol–water partition coefficient (Wildman–Crippen LogP) is 5.39. The maximum Gasteiger partial charge on any atom is 0.280 e. The molecule has 0 atom stereocenters. The van der Waals surface area contributed by atoms with Gasteiger partial charge in [0, 0.05) is 0 Å². The summed E-state index contributed by atoms with van der Waals surface area (Å²) in [7, 11) is 1.61. The number of hydrogen-bond donors (Lipinski definition) is 0. The van der Waals surface area contributed by atoms with E-state index in [0.29, 0.717) is 29.4 Å². The van der Waals surface area contributed by atoms with Gasteiger partial charge >= 0.3 is 0 Å². The number of para-hydroxylation sites is 1. The Morgan fingerprint density at radius 3 is 2.48 bits per heavy atom. The second kappa shape index (κ2) is 8.88. The number of hydrazone groups is 1. The molecule has 1 amide bonds. The summed E-state index contributed by atoms with van der Waals surface area (Å²) in [5, 5.41) is 5.85. The molecule has 0 unspecified atom stereocenters. The number of anilines is 1.